The average Bonchev–Trinajstić information content (AvgIpc) is 3.38. The standard InChI is InChI=1S/C20H20F3N5O3/c1-2-31-19(30)15-12-25-28(17(15)20(21,22)23)13-6-9-26(10-7-13)18(29)14-11-24-27-8-4-3-5-16(14)27/h3-5,8,11-13H,2,6-7,9-10H2,1H3. The number of carbonyl (C=O) groups is 2. The molecule has 0 aromatic carbocycles. The van der Waals surface area contributed by atoms with Gasteiger partial charge in [0.25, 0.3) is 5.91 Å². The normalized spacial score (nSPS) is 15.4. The molecule has 3 aromatic heterocycles. The van der Waals surface area contributed by atoms with Crippen LogP contribution in [0.4, 0.5) is 13.2 Å². The van der Waals surface area contributed by atoms with Crippen molar-refractivity contribution in [1.29, 1.82) is 0 Å². The van der Waals surface area contributed by atoms with E-state index in [1.807, 2.05) is 0 Å². The lowest BCUT2D eigenvalue weighted by atomic mass is 10.0. The van der Waals surface area contributed by atoms with Crippen LogP contribution in [0.3, 0.4) is 0 Å². The largest absolute Gasteiger partial charge is 0.462 e. The molecule has 0 radical (unpaired) electrons. The third-order valence-corrected chi connectivity index (χ3v) is 5.31. The van der Waals surface area contributed by atoms with Crippen molar-refractivity contribution < 1.29 is 27.5 Å². The van der Waals surface area contributed by atoms with Crippen molar-refractivity contribution in [3.8, 4) is 0 Å². The Balaban J connectivity index is 1.52. The van der Waals surface area contributed by atoms with Crippen molar-refractivity contribution in [2.75, 3.05) is 19.7 Å². The van der Waals surface area contributed by atoms with Crippen LogP contribution in [0.1, 0.15) is 52.2 Å². The summed E-state index contributed by atoms with van der Waals surface area (Å²) in [6, 6.07) is 4.79. The van der Waals surface area contributed by atoms with E-state index in [9.17, 15) is 22.8 Å². The number of halogens is 3. The predicted molar refractivity (Wildman–Crippen MR) is 103 cm³/mol. The van der Waals surface area contributed by atoms with Crippen LogP contribution in [0.2, 0.25) is 0 Å². The number of ether oxygens (including phenoxy) is 1. The van der Waals surface area contributed by atoms with E-state index in [0.717, 1.165) is 10.9 Å². The summed E-state index contributed by atoms with van der Waals surface area (Å²) in [5.74, 6) is -1.27. The van der Waals surface area contributed by atoms with Crippen molar-refractivity contribution >= 4 is 17.4 Å². The van der Waals surface area contributed by atoms with Crippen LogP contribution in [0.5, 0.6) is 0 Å². The lowest BCUT2D eigenvalue weighted by Gasteiger charge is -2.33. The zero-order valence-electron chi connectivity index (χ0n) is 16.7. The Morgan fingerprint density at radius 1 is 1.13 bits per heavy atom. The van der Waals surface area contributed by atoms with Crippen molar-refractivity contribution in [3.05, 3.63) is 53.6 Å². The maximum absolute atomic E-state index is 13.7. The van der Waals surface area contributed by atoms with Gasteiger partial charge in [-0.05, 0) is 31.9 Å². The first-order valence-corrected chi connectivity index (χ1v) is 9.84. The van der Waals surface area contributed by atoms with E-state index in [4.69, 9.17) is 4.74 Å². The molecule has 0 atom stereocenters. The zero-order chi connectivity index (χ0) is 22.2. The maximum atomic E-state index is 13.7. The van der Waals surface area contributed by atoms with Crippen molar-refractivity contribution in [2.24, 2.45) is 0 Å². The molecule has 3 aromatic rings. The van der Waals surface area contributed by atoms with Crippen LogP contribution in [-0.4, -0.2) is 55.9 Å². The van der Waals surface area contributed by atoms with Gasteiger partial charge >= 0.3 is 12.1 Å². The van der Waals surface area contributed by atoms with Gasteiger partial charge in [0.2, 0.25) is 0 Å². The summed E-state index contributed by atoms with van der Waals surface area (Å²) in [6.45, 7) is 2.01. The van der Waals surface area contributed by atoms with Crippen molar-refractivity contribution in [3.63, 3.8) is 0 Å². The molecule has 8 nitrogen and oxygen atoms in total. The molecule has 0 aliphatic carbocycles. The fourth-order valence-corrected chi connectivity index (χ4v) is 3.86. The first-order valence-electron chi connectivity index (χ1n) is 9.84. The van der Waals surface area contributed by atoms with Crippen LogP contribution >= 0.6 is 0 Å². The maximum Gasteiger partial charge on any atom is 0.433 e. The van der Waals surface area contributed by atoms with Gasteiger partial charge in [0.15, 0.2) is 5.69 Å². The summed E-state index contributed by atoms with van der Waals surface area (Å²) in [7, 11) is 0. The number of carbonyl (C=O) groups excluding carboxylic acids is 2. The molecule has 0 saturated carbocycles. The predicted octanol–water partition coefficient (Wildman–Crippen LogP) is 3.20. The molecule has 4 heterocycles. The van der Waals surface area contributed by atoms with Crippen molar-refractivity contribution in [1.82, 2.24) is 24.3 Å². The summed E-state index contributed by atoms with van der Waals surface area (Å²) in [5.41, 5.74) is -0.601. The molecule has 0 bridgehead atoms. The SMILES string of the molecule is CCOC(=O)c1cnn(C2CCN(C(=O)c3cnn4ccccc34)CC2)c1C(F)(F)F. The number of nitrogens with zero attached hydrogens (tertiary/aromatic N) is 5. The Bertz CT molecular complexity index is 1110. The third-order valence-electron chi connectivity index (χ3n) is 5.31. The number of fused-ring (bicyclic) bond motifs is 1. The van der Waals surface area contributed by atoms with Crippen LogP contribution in [0, 0.1) is 0 Å². The Kier molecular flexibility index (Phi) is 5.42. The lowest BCUT2D eigenvalue weighted by molar-refractivity contribution is -0.145. The molecular weight excluding hydrogens is 415 g/mol. The summed E-state index contributed by atoms with van der Waals surface area (Å²) in [6.07, 6.45) is -0.0869. The third kappa shape index (κ3) is 3.87. The number of piperidine rings is 1. The minimum atomic E-state index is -4.76. The fraction of sp³-hybridized carbons (Fsp3) is 0.400. The van der Waals surface area contributed by atoms with E-state index in [-0.39, 0.29) is 38.4 Å². The number of esters is 1. The molecule has 0 unspecified atom stereocenters. The molecule has 11 heteroatoms. The molecular formula is C20H20F3N5O3. The van der Waals surface area contributed by atoms with Crippen LogP contribution in [0.15, 0.2) is 36.8 Å². The van der Waals surface area contributed by atoms with E-state index in [2.05, 4.69) is 10.2 Å². The summed E-state index contributed by atoms with van der Waals surface area (Å²) >= 11 is 0. The topological polar surface area (TPSA) is 81.7 Å². The highest BCUT2D eigenvalue weighted by Gasteiger charge is 2.42. The number of pyridine rings is 1. The van der Waals surface area contributed by atoms with E-state index < -0.39 is 29.4 Å². The number of likely N-dealkylation sites (tertiary alicyclic amines) is 1. The molecule has 4 rings (SSSR count). The number of hydrogen-bond donors (Lipinski definition) is 0. The molecule has 1 fully saturated rings. The monoisotopic (exact) mass is 435 g/mol. The molecule has 1 aliphatic heterocycles. The number of alkyl halides is 3. The lowest BCUT2D eigenvalue weighted by Crippen LogP contribution is -2.40. The highest BCUT2D eigenvalue weighted by atomic mass is 19.4. The minimum Gasteiger partial charge on any atom is -0.462 e. The zero-order valence-corrected chi connectivity index (χ0v) is 16.7. The Labute approximate surface area is 175 Å². The summed E-state index contributed by atoms with van der Waals surface area (Å²) in [4.78, 5) is 26.5. The number of aromatic nitrogens is 4. The second kappa shape index (κ2) is 8.05. The van der Waals surface area contributed by atoms with Gasteiger partial charge in [-0.2, -0.15) is 23.4 Å². The average molecular weight is 435 g/mol. The molecule has 0 N–H and O–H groups in total. The van der Waals surface area contributed by atoms with Crippen molar-refractivity contribution in [2.45, 2.75) is 32.0 Å². The minimum absolute atomic E-state index is 0.0363. The first kappa shape index (κ1) is 20.9. The molecule has 31 heavy (non-hydrogen) atoms. The van der Waals surface area contributed by atoms with Gasteiger partial charge in [-0.15, -0.1) is 0 Å². The molecule has 0 spiro atoms. The molecule has 1 saturated heterocycles. The van der Waals surface area contributed by atoms with Gasteiger partial charge in [-0.25, -0.2) is 9.31 Å². The highest BCUT2D eigenvalue weighted by molar-refractivity contribution is 6.00. The van der Waals surface area contributed by atoms with E-state index in [1.165, 1.54) is 13.1 Å². The van der Waals surface area contributed by atoms with Crippen LogP contribution in [0.25, 0.3) is 5.52 Å². The van der Waals surface area contributed by atoms with Gasteiger partial charge in [0.1, 0.15) is 5.56 Å². The second-order valence-corrected chi connectivity index (χ2v) is 7.18. The Morgan fingerprint density at radius 3 is 2.52 bits per heavy atom. The summed E-state index contributed by atoms with van der Waals surface area (Å²) < 4.78 is 48.3. The second-order valence-electron chi connectivity index (χ2n) is 7.18. The molecule has 164 valence electrons. The number of rotatable bonds is 4. The van der Waals surface area contributed by atoms with E-state index in [0.29, 0.717) is 11.1 Å². The molecule has 1 aliphatic rings. The highest BCUT2D eigenvalue weighted by Crippen LogP contribution is 2.36. The quantitative estimate of drug-likeness (QED) is 0.588. The van der Waals surface area contributed by atoms with Crippen LogP contribution < -0.4 is 0 Å². The summed E-state index contributed by atoms with van der Waals surface area (Å²) in [5, 5.41) is 8.01. The van der Waals surface area contributed by atoms with Gasteiger partial charge in [-0.1, -0.05) is 6.07 Å². The molecule has 1 amide bonds. The Morgan fingerprint density at radius 2 is 1.84 bits per heavy atom. The van der Waals surface area contributed by atoms with Crippen LogP contribution in [-0.2, 0) is 10.9 Å². The first-order chi connectivity index (χ1) is 14.8. The smallest absolute Gasteiger partial charge is 0.433 e. The van der Waals surface area contributed by atoms with E-state index in [1.54, 1.807) is 33.8 Å². The number of hydrogen-bond acceptors (Lipinski definition) is 5. The fourth-order valence-electron chi connectivity index (χ4n) is 3.86. The van der Waals surface area contributed by atoms with Gasteiger partial charge in [0.05, 0.1) is 36.1 Å². The Hall–Kier alpha value is -3.37. The van der Waals surface area contributed by atoms with E-state index >= 15 is 0 Å². The number of amides is 1. The van der Waals surface area contributed by atoms with Gasteiger partial charge in [-0.3, -0.25) is 9.48 Å². The van der Waals surface area contributed by atoms with Gasteiger partial charge in [0, 0.05) is 19.3 Å². The van der Waals surface area contributed by atoms with Gasteiger partial charge < -0.3 is 9.64 Å².